The van der Waals surface area contributed by atoms with Crippen LogP contribution in [0.3, 0.4) is 0 Å². The summed E-state index contributed by atoms with van der Waals surface area (Å²) in [7, 11) is 0. The third-order valence-corrected chi connectivity index (χ3v) is 4.86. The van der Waals surface area contributed by atoms with Gasteiger partial charge in [0.2, 0.25) is 11.6 Å². The van der Waals surface area contributed by atoms with E-state index in [4.69, 9.17) is 20.8 Å². The Morgan fingerprint density at radius 3 is 2.52 bits per heavy atom. The molecule has 2 aromatic heterocycles. The Morgan fingerprint density at radius 1 is 1.06 bits per heavy atom. The van der Waals surface area contributed by atoms with Crippen LogP contribution in [0, 0.1) is 23.3 Å². The van der Waals surface area contributed by atoms with Crippen molar-refractivity contribution in [2.45, 2.75) is 13.2 Å². The van der Waals surface area contributed by atoms with Gasteiger partial charge in [0, 0.05) is 23.4 Å². The minimum Gasteiger partial charge on any atom is -0.479 e. The van der Waals surface area contributed by atoms with Gasteiger partial charge in [0.25, 0.3) is 5.91 Å². The SMILES string of the molecule is O=C(Nc1ccn(Cc2ccccc2Cl)n1)c1ccc(COc2c(F)c(F)cc(F)c2F)o1. The first-order chi connectivity index (χ1) is 15.8. The van der Waals surface area contributed by atoms with Crippen LogP contribution in [0.25, 0.3) is 0 Å². The molecule has 0 aliphatic rings. The maximum Gasteiger partial charge on any atom is 0.292 e. The number of halogens is 5. The second-order valence-corrected chi connectivity index (χ2v) is 7.20. The van der Waals surface area contributed by atoms with Crippen LogP contribution in [0.15, 0.2) is 59.1 Å². The highest BCUT2D eigenvalue weighted by Gasteiger charge is 2.21. The number of carbonyl (C=O) groups excluding carboxylic acids is 1. The van der Waals surface area contributed by atoms with Gasteiger partial charge in [-0.2, -0.15) is 13.9 Å². The topological polar surface area (TPSA) is 69.3 Å². The zero-order chi connectivity index (χ0) is 23.5. The smallest absolute Gasteiger partial charge is 0.292 e. The molecule has 0 aliphatic carbocycles. The zero-order valence-electron chi connectivity index (χ0n) is 16.6. The summed E-state index contributed by atoms with van der Waals surface area (Å²) in [6.45, 7) is -0.179. The molecular weight excluding hydrogens is 466 g/mol. The molecule has 0 saturated carbocycles. The lowest BCUT2D eigenvalue weighted by atomic mass is 10.2. The van der Waals surface area contributed by atoms with E-state index >= 15 is 0 Å². The van der Waals surface area contributed by atoms with E-state index in [1.165, 1.54) is 12.1 Å². The summed E-state index contributed by atoms with van der Waals surface area (Å²) >= 11 is 6.13. The van der Waals surface area contributed by atoms with Gasteiger partial charge in [0.05, 0.1) is 6.54 Å². The molecule has 2 aromatic carbocycles. The zero-order valence-corrected chi connectivity index (χ0v) is 17.4. The number of hydrogen-bond acceptors (Lipinski definition) is 4. The molecule has 0 spiro atoms. The van der Waals surface area contributed by atoms with Crippen molar-refractivity contribution in [3.8, 4) is 5.75 Å². The molecule has 11 heteroatoms. The second-order valence-electron chi connectivity index (χ2n) is 6.80. The van der Waals surface area contributed by atoms with E-state index in [2.05, 4.69) is 10.4 Å². The molecule has 0 radical (unpaired) electrons. The quantitative estimate of drug-likeness (QED) is 0.278. The standard InChI is InChI=1S/C22H14ClF4N3O3/c23-14-4-2-1-3-12(14)10-30-8-7-18(29-30)28-22(31)17-6-5-13(33-17)11-32-21-19(26)15(24)9-16(25)20(21)27/h1-9H,10-11H2,(H,28,29,31). The predicted molar refractivity (Wildman–Crippen MR) is 110 cm³/mol. The lowest BCUT2D eigenvalue weighted by Crippen LogP contribution is -2.12. The molecule has 1 N–H and O–H groups in total. The lowest BCUT2D eigenvalue weighted by Gasteiger charge is -2.08. The third kappa shape index (κ3) is 5.01. The van der Waals surface area contributed by atoms with Gasteiger partial charge < -0.3 is 14.5 Å². The molecular formula is C22H14ClF4N3O3. The molecule has 0 aliphatic heterocycles. The van der Waals surface area contributed by atoms with Gasteiger partial charge in [0.15, 0.2) is 29.0 Å². The maximum absolute atomic E-state index is 13.7. The van der Waals surface area contributed by atoms with Crippen molar-refractivity contribution in [2.75, 3.05) is 5.32 Å². The number of ether oxygens (including phenoxy) is 1. The Morgan fingerprint density at radius 2 is 1.79 bits per heavy atom. The molecule has 4 rings (SSSR count). The van der Waals surface area contributed by atoms with Crippen molar-refractivity contribution in [3.63, 3.8) is 0 Å². The molecule has 0 bridgehead atoms. The number of amides is 1. The van der Waals surface area contributed by atoms with Crippen LogP contribution < -0.4 is 10.1 Å². The number of rotatable bonds is 7. The maximum atomic E-state index is 13.7. The summed E-state index contributed by atoms with van der Waals surface area (Å²) in [5.74, 6) is -8.31. The summed E-state index contributed by atoms with van der Waals surface area (Å²) in [4.78, 5) is 12.4. The molecule has 4 aromatic rings. The number of anilines is 1. The van der Waals surface area contributed by atoms with Crippen LogP contribution in [-0.4, -0.2) is 15.7 Å². The summed E-state index contributed by atoms with van der Waals surface area (Å²) in [6.07, 6.45) is 1.65. The van der Waals surface area contributed by atoms with E-state index in [0.29, 0.717) is 11.6 Å². The molecule has 2 heterocycles. The van der Waals surface area contributed by atoms with Gasteiger partial charge in [-0.3, -0.25) is 9.48 Å². The molecule has 0 saturated heterocycles. The fourth-order valence-corrected chi connectivity index (χ4v) is 3.09. The van der Waals surface area contributed by atoms with Gasteiger partial charge >= 0.3 is 0 Å². The molecule has 6 nitrogen and oxygen atoms in total. The van der Waals surface area contributed by atoms with Crippen molar-refractivity contribution in [1.82, 2.24) is 9.78 Å². The summed E-state index contributed by atoms with van der Waals surface area (Å²) in [5, 5.41) is 7.37. The third-order valence-electron chi connectivity index (χ3n) is 4.49. The van der Waals surface area contributed by atoms with Gasteiger partial charge in [0.1, 0.15) is 12.4 Å². The average Bonchev–Trinajstić information content (AvgIpc) is 3.44. The molecule has 33 heavy (non-hydrogen) atoms. The fourth-order valence-electron chi connectivity index (χ4n) is 2.89. The Labute approximate surface area is 189 Å². The summed E-state index contributed by atoms with van der Waals surface area (Å²) in [5.41, 5.74) is 0.849. The Bertz CT molecular complexity index is 1300. The van der Waals surface area contributed by atoms with Crippen LogP contribution in [0.5, 0.6) is 5.75 Å². The number of nitrogens with zero attached hydrogens (tertiary/aromatic N) is 2. The highest BCUT2D eigenvalue weighted by Crippen LogP contribution is 2.27. The van der Waals surface area contributed by atoms with E-state index in [1.54, 1.807) is 23.0 Å². The fraction of sp³-hybridized carbons (Fsp3) is 0.0909. The molecule has 0 fully saturated rings. The van der Waals surface area contributed by atoms with Gasteiger partial charge in [-0.15, -0.1) is 0 Å². The monoisotopic (exact) mass is 479 g/mol. The second kappa shape index (κ2) is 9.37. The number of aromatic nitrogens is 2. The Hall–Kier alpha value is -3.79. The molecule has 1 amide bonds. The minimum atomic E-state index is -1.68. The molecule has 170 valence electrons. The van der Waals surface area contributed by atoms with E-state index in [9.17, 15) is 22.4 Å². The van der Waals surface area contributed by atoms with Crippen LogP contribution >= 0.6 is 11.6 Å². The van der Waals surface area contributed by atoms with Crippen LogP contribution in [-0.2, 0) is 13.2 Å². The van der Waals surface area contributed by atoms with E-state index in [0.717, 1.165) is 5.56 Å². The van der Waals surface area contributed by atoms with Crippen molar-refractivity contribution in [2.24, 2.45) is 0 Å². The van der Waals surface area contributed by atoms with Crippen LogP contribution in [0.4, 0.5) is 23.4 Å². The van der Waals surface area contributed by atoms with Crippen molar-refractivity contribution in [3.05, 3.63) is 100 Å². The lowest BCUT2D eigenvalue weighted by molar-refractivity contribution is 0.0991. The van der Waals surface area contributed by atoms with Gasteiger partial charge in [-0.25, -0.2) is 8.78 Å². The average molecular weight is 480 g/mol. The molecule has 0 atom stereocenters. The van der Waals surface area contributed by atoms with Gasteiger partial charge in [-0.05, 0) is 23.8 Å². The minimum absolute atomic E-state index is 0.00660. The normalized spacial score (nSPS) is 10.9. The first-order valence-electron chi connectivity index (χ1n) is 9.44. The van der Waals surface area contributed by atoms with E-state index in [1.807, 2.05) is 18.2 Å². The Balaban J connectivity index is 1.38. The molecule has 0 unspecified atom stereocenters. The highest BCUT2D eigenvalue weighted by atomic mass is 35.5. The largest absolute Gasteiger partial charge is 0.479 e. The summed E-state index contributed by atoms with van der Waals surface area (Å²) < 4.78 is 65.5. The van der Waals surface area contributed by atoms with Gasteiger partial charge in [-0.1, -0.05) is 29.8 Å². The van der Waals surface area contributed by atoms with Crippen molar-refractivity contribution >= 4 is 23.3 Å². The van der Waals surface area contributed by atoms with Crippen molar-refractivity contribution in [1.29, 1.82) is 0 Å². The van der Waals surface area contributed by atoms with Crippen LogP contribution in [0.2, 0.25) is 5.02 Å². The summed E-state index contributed by atoms with van der Waals surface area (Å²) in [6, 6.07) is 11.5. The van der Waals surface area contributed by atoms with E-state index in [-0.39, 0.29) is 23.4 Å². The number of hydrogen-bond donors (Lipinski definition) is 1. The first-order valence-corrected chi connectivity index (χ1v) is 9.82. The number of benzene rings is 2. The van der Waals surface area contributed by atoms with Crippen molar-refractivity contribution < 1.29 is 31.5 Å². The number of carbonyl (C=O) groups is 1. The number of nitrogens with one attached hydrogen (secondary N) is 1. The highest BCUT2D eigenvalue weighted by molar-refractivity contribution is 6.31. The predicted octanol–water partition coefficient (Wildman–Crippen LogP) is 5.57. The van der Waals surface area contributed by atoms with E-state index < -0.39 is 41.5 Å². The number of furan rings is 1. The van der Waals surface area contributed by atoms with Crippen LogP contribution in [0.1, 0.15) is 21.9 Å². The first kappa shape index (κ1) is 22.4. The Kier molecular flexibility index (Phi) is 6.36.